The molecule has 150 valence electrons. The van der Waals surface area contributed by atoms with E-state index >= 15 is 0 Å². The average molecular weight is 378 g/mol. The average Bonchev–Trinajstić information content (AvgIpc) is 2.90. The number of amides is 1. The quantitative estimate of drug-likeness (QED) is 0.842. The van der Waals surface area contributed by atoms with Crippen molar-refractivity contribution in [2.45, 2.75) is 31.4 Å². The predicted octanol–water partition coefficient (Wildman–Crippen LogP) is 1.75. The summed E-state index contributed by atoms with van der Waals surface area (Å²) in [6.07, 6.45) is 1.51. The maximum atomic E-state index is 11.9. The number of carbonyl (C=O) groups excluding carboxylic acids is 1. The van der Waals surface area contributed by atoms with Crippen molar-refractivity contribution in [1.29, 1.82) is 0 Å². The molecule has 0 aliphatic carbocycles. The minimum absolute atomic E-state index is 0.190. The molecule has 0 saturated carbocycles. The van der Waals surface area contributed by atoms with E-state index in [2.05, 4.69) is 4.90 Å². The summed E-state index contributed by atoms with van der Waals surface area (Å²) in [6.45, 7) is 5.90. The summed E-state index contributed by atoms with van der Waals surface area (Å²) in [4.78, 5) is 15.9. The van der Waals surface area contributed by atoms with Gasteiger partial charge < -0.3 is 24.2 Å². The lowest BCUT2D eigenvalue weighted by Crippen LogP contribution is -2.54. The molecule has 1 aromatic rings. The van der Waals surface area contributed by atoms with Crippen molar-refractivity contribution >= 4 is 6.09 Å². The number of aliphatic hydroxyl groups is 1. The van der Waals surface area contributed by atoms with Crippen LogP contribution in [0, 0.1) is 0 Å². The maximum absolute atomic E-state index is 11.9. The Morgan fingerprint density at radius 2 is 2.00 bits per heavy atom. The summed E-state index contributed by atoms with van der Waals surface area (Å²) in [7, 11) is 0. The molecule has 1 atom stereocenters. The van der Waals surface area contributed by atoms with Crippen LogP contribution in [0.1, 0.15) is 19.8 Å². The SMILES string of the molecule is CCOC(=O)N1CCC(N2CCOC[C@](O)(COc3ccccc3)C2)CC1. The highest BCUT2D eigenvalue weighted by molar-refractivity contribution is 5.67. The van der Waals surface area contributed by atoms with Crippen molar-refractivity contribution < 1.29 is 24.1 Å². The standard InChI is InChI=1S/C20H30N2O5/c1-2-26-19(23)21-10-8-17(9-11-21)22-12-13-25-15-20(24,14-22)16-27-18-6-4-3-5-7-18/h3-7,17,24H,2,8-16H2,1H3/t20-/m0/s1. The maximum Gasteiger partial charge on any atom is 0.409 e. The van der Waals surface area contributed by atoms with E-state index in [1.54, 1.807) is 4.90 Å². The van der Waals surface area contributed by atoms with E-state index in [0.29, 0.717) is 38.9 Å². The Bertz CT molecular complexity index is 591. The summed E-state index contributed by atoms with van der Waals surface area (Å²) >= 11 is 0. The van der Waals surface area contributed by atoms with Gasteiger partial charge in [-0.2, -0.15) is 0 Å². The van der Waals surface area contributed by atoms with Gasteiger partial charge in [0.1, 0.15) is 18.0 Å². The van der Waals surface area contributed by atoms with E-state index in [9.17, 15) is 9.90 Å². The normalized spacial score (nSPS) is 25.0. The molecule has 1 aromatic carbocycles. The molecule has 7 nitrogen and oxygen atoms in total. The van der Waals surface area contributed by atoms with Gasteiger partial charge in [-0.25, -0.2) is 4.79 Å². The van der Waals surface area contributed by atoms with Crippen molar-refractivity contribution in [3.05, 3.63) is 30.3 Å². The van der Waals surface area contributed by atoms with Crippen LogP contribution >= 0.6 is 0 Å². The molecule has 1 amide bonds. The van der Waals surface area contributed by atoms with Crippen LogP contribution in [0.25, 0.3) is 0 Å². The number of para-hydroxylation sites is 1. The fourth-order valence-electron chi connectivity index (χ4n) is 3.71. The van der Waals surface area contributed by atoms with Crippen molar-refractivity contribution in [1.82, 2.24) is 9.80 Å². The van der Waals surface area contributed by atoms with Crippen LogP contribution in [0.3, 0.4) is 0 Å². The summed E-state index contributed by atoms with van der Waals surface area (Å²) < 4.78 is 16.5. The van der Waals surface area contributed by atoms with Crippen LogP contribution in [0.5, 0.6) is 5.75 Å². The number of benzene rings is 1. The third kappa shape index (κ3) is 5.57. The fraction of sp³-hybridized carbons (Fsp3) is 0.650. The zero-order valence-electron chi connectivity index (χ0n) is 16.0. The molecule has 2 aliphatic rings. The van der Waals surface area contributed by atoms with Gasteiger partial charge in [0, 0.05) is 32.2 Å². The van der Waals surface area contributed by atoms with Crippen molar-refractivity contribution in [3.8, 4) is 5.75 Å². The first-order valence-corrected chi connectivity index (χ1v) is 9.73. The third-order valence-electron chi connectivity index (χ3n) is 5.15. The van der Waals surface area contributed by atoms with Crippen LogP contribution < -0.4 is 4.74 Å². The van der Waals surface area contributed by atoms with E-state index in [1.807, 2.05) is 37.3 Å². The minimum atomic E-state index is -1.05. The second-order valence-corrected chi connectivity index (χ2v) is 7.27. The summed E-state index contributed by atoms with van der Waals surface area (Å²) in [5.74, 6) is 0.740. The Morgan fingerprint density at radius 1 is 1.26 bits per heavy atom. The molecular formula is C20H30N2O5. The molecule has 0 radical (unpaired) electrons. The van der Waals surface area contributed by atoms with Gasteiger partial charge in [0.15, 0.2) is 0 Å². The molecule has 2 heterocycles. The lowest BCUT2D eigenvalue weighted by molar-refractivity contribution is -0.0688. The first-order valence-electron chi connectivity index (χ1n) is 9.73. The van der Waals surface area contributed by atoms with Crippen molar-refractivity contribution in [3.63, 3.8) is 0 Å². The molecule has 7 heteroatoms. The minimum Gasteiger partial charge on any atom is -0.490 e. The number of likely N-dealkylation sites (tertiary alicyclic amines) is 1. The first kappa shape index (κ1) is 19.9. The van der Waals surface area contributed by atoms with Gasteiger partial charge in [-0.1, -0.05) is 18.2 Å². The highest BCUT2D eigenvalue weighted by Gasteiger charge is 2.37. The Hall–Kier alpha value is -1.83. The van der Waals surface area contributed by atoms with E-state index in [1.165, 1.54) is 0 Å². The number of rotatable bonds is 5. The highest BCUT2D eigenvalue weighted by Crippen LogP contribution is 2.23. The second-order valence-electron chi connectivity index (χ2n) is 7.27. The van der Waals surface area contributed by atoms with Crippen LogP contribution in [0.15, 0.2) is 30.3 Å². The number of nitrogens with zero attached hydrogens (tertiary/aromatic N) is 2. The molecule has 1 N–H and O–H groups in total. The molecule has 2 aliphatic heterocycles. The van der Waals surface area contributed by atoms with Gasteiger partial charge in [-0.3, -0.25) is 4.90 Å². The Morgan fingerprint density at radius 3 is 2.70 bits per heavy atom. The first-order chi connectivity index (χ1) is 13.1. The van der Waals surface area contributed by atoms with Crippen LogP contribution in [0.2, 0.25) is 0 Å². The molecule has 0 bridgehead atoms. The fourth-order valence-corrected chi connectivity index (χ4v) is 3.71. The monoisotopic (exact) mass is 378 g/mol. The van der Waals surface area contributed by atoms with Gasteiger partial charge in [0.05, 0.1) is 19.8 Å². The molecule has 3 rings (SSSR count). The van der Waals surface area contributed by atoms with Gasteiger partial charge >= 0.3 is 6.09 Å². The number of β-amino-alcohol motifs (C(OH)–C–C–N with tert-alkyl or cyclic N) is 1. The van der Waals surface area contributed by atoms with E-state index in [0.717, 1.165) is 25.1 Å². The zero-order valence-corrected chi connectivity index (χ0v) is 16.0. The largest absolute Gasteiger partial charge is 0.490 e. The van der Waals surface area contributed by atoms with Crippen LogP contribution in [-0.4, -0.2) is 85.2 Å². The summed E-state index contributed by atoms with van der Waals surface area (Å²) in [5, 5.41) is 11.0. The van der Waals surface area contributed by atoms with E-state index in [4.69, 9.17) is 14.2 Å². The number of hydrogen-bond acceptors (Lipinski definition) is 6. The zero-order chi connectivity index (χ0) is 19.1. The van der Waals surface area contributed by atoms with E-state index < -0.39 is 5.60 Å². The lowest BCUT2D eigenvalue weighted by atomic mass is 10.00. The molecule has 0 unspecified atom stereocenters. The topological polar surface area (TPSA) is 71.5 Å². The van der Waals surface area contributed by atoms with Gasteiger partial charge in [0.2, 0.25) is 0 Å². The Kier molecular flexibility index (Phi) is 6.93. The molecule has 2 saturated heterocycles. The second kappa shape index (κ2) is 9.39. The predicted molar refractivity (Wildman–Crippen MR) is 101 cm³/mol. The van der Waals surface area contributed by atoms with Crippen LogP contribution in [-0.2, 0) is 9.47 Å². The number of ether oxygens (including phenoxy) is 3. The number of hydrogen-bond donors (Lipinski definition) is 1. The summed E-state index contributed by atoms with van der Waals surface area (Å²) in [6, 6.07) is 9.83. The van der Waals surface area contributed by atoms with Crippen molar-refractivity contribution in [2.75, 3.05) is 52.6 Å². The molecule has 0 spiro atoms. The van der Waals surface area contributed by atoms with Gasteiger partial charge in [-0.15, -0.1) is 0 Å². The van der Waals surface area contributed by atoms with Gasteiger partial charge in [0.25, 0.3) is 0 Å². The molecule has 0 aromatic heterocycles. The summed E-state index contributed by atoms with van der Waals surface area (Å²) in [5.41, 5.74) is -1.05. The molecular weight excluding hydrogens is 348 g/mol. The Balaban J connectivity index is 1.54. The molecule has 27 heavy (non-hydrogen) atoms. The third-order valence-corrected chi connectivity index (χ3v) is 5.15. The number of carbonyl (C=O) groups is 1. The lowest BCUT2D eigenvalue weighted by Gasteiger charge is -2.39. The smallest absolute Gasteiger partial charge is 0.409 e. The van der Waals surface area contributed by atoms with Gasteiger partial charge in [-0.05, 0) is 31.9 Å². The highest BCUT2D eigenvalue weighted by atomic mass is 16.6. The molecule has 2 fully saturated rings. The van der Waals surface area contributed by atoms with E-state index in [-0.39, 0.29) is 19.3 Å². The van der Waals surface area contributed by atoms with Crippen LogP contribution in [0.4, 0.5) is 4.79 Å². The number of piperidine rings is 1. The van der Waals surface area contributed by atoms with Crippen molar-refractivity contribution in [2.24, 2.45) is 0 Å². The Labute approximate surface area is 160 Å².